The van der Waals surface area contributed by atoms with Crippen molar-refractivity contribution in [3.05, 3.63) is 76.3 Å². The Hall–Kier alpha value is -2.71. The lowest BCUT2D eigenvalue weighted by atomic mass is 10.2. The monoisotopic (exact) mass is 407 g/mol. The van der Waals surface area contributed by atoms with Gasteiger partial charge in [0.25, 0.3) is 15.9 Å². The van der Waals surface area contributed by atoms with Gasteiger partial charge in [-0.05, 0) is 61.9 Å². The Morgan fingerprint density at radius 2 is 1.81 bits per heavy atom. The Balaban J connectivity index is 1.88. The highest BCUT2D eigenvalue weighted by Gasteiger charge is 2.22. The van der Waals surface area contributed by atoms with Crippen LogP contribution in [0.5, 0.6) is 0 Å². The van der Waals surface area contributed by atoms with Crippen LogP contribution in [0, 0.1) is 19.7 Å². The Kier molecular flexibility index (Phi) is 5.03. The second-order valence-corrected chi connectivity index (χ2v) is 8.00. The number of sulfonamides is 1. The molecule has 1 N–H and O–H groups in total. The Morgan fingerprint density at radius 1 is 1.15 bits per heavy atom. The highest BCUT2D eigenvalue weighted by Crippen LogP contribution is 2.18. The Bertz CT molecular complexity index is 1130. The molecule has 0 saturated carbocycles. The number of amides is 1. The third kappa shape index (κ3) is 3.86. The van der Waals surface area contributed by atoms with E-state index < -0.39 is 21.7 Å². The van der Waals surface area contributed by atoms with Crippen LogP contribution in [0.1, 0.15) is 21.6 Å². The molecule has 0 bridgehead atoms. The first-order valence-corrected chi connectivity index (χ1v) is 9.69. The van der Waals surface area contributed by atoms with E-state index in [4.69, 9.17) is 11.6 Å². The Labute approximate surface area is 160 Å². The van der Waals surface area contributed by atoms with Gasteiger partial charge in [0.15, 0.2) is 0 Å². The zero-order valence-electron chi connectivity index (χ0n) is 14.4. The molecule has 0 radical (unpaired) electrons. The number of aryl methyl sites for hydroxylation is 1. The molecule has 9 heteroatoms. The average molecular weight is 408 g/mol. The molecule has 1 heterocycles. The van der Waals surface area contributed by atoms with Crippen LogP contribution in [0.15, 0.2) is 53.6 Å². The standard InChI is InChI=1S/C18H15ClFN3O3S/c1-11-9-15(7-8-17(11)20)27(25,26)22-18(24)16-10-21-23(12(16)2)14-5-3-13(19)4-6-14/h3-10H,1-2H3,(H,22,24). The van der Waals surface area contributed by atoms with Gasteiger partial charge < -0.3 is 0 Å². The maximum absolute atomic E-state index is 13.4. The quantitative estimate of drug-likeness (QED) is 0.718. The SMILES string of the molecule is Cc1cc(S(=O)(=O)NC(=O)c2cnn(-c3ccc(Cl)cc3)c2C)ccc1F. The first-order chi connectivity index (χ1) is 12.7. The minimum atomic E-state index is -4.15. The molecule has 3 aromatic rings. The van der Waals surface area contributed by atoms with Crippen molar-refractivity contribution in [1.82, 2.24) is 14.5 Å². The Morgan fingerprint density at radius 3 is 2.44 bits per heavy atom. The van der Waals surface area contributed by atoms with Gasteiger partial charge in [-0.2, -0.15) is 5.10 Å². The van der Waals surface area contributed by atoms with Crippen molar-refractivity contribution < 1.29 is 17.6 Å². The summed E-state index contributed by atoms with van der Waals surface area (Å²) in [6.45, 7) is 3.08. The highest BCUT2D eigenvalue weighted by molar-refractivity contribution is 7.90. The third-order valence-electron chi connectivity index (χ3n) is 3.99. The lowest BCUT2D eigenvalue weighted by Gasteiger charge is -2.08. The van der Waals surface area contributed by atoms with Crippen LogP contribution >= 0.6 is 11.6 Å². The molecule has 0 unspecified atom stereocenters. The lowest BCUT2D eigenvalue weighted by molar-refractivity contribution is 0.0981. The van der Waals surface area contributed by atoms with Crippen LogP contribution in [-0.2, 0) is 10.0 Å². The summed E-state index contributed by atoms with van der Waals surface area (Å²) in [5.74, 6) is -1.35. The fourth-order valence-corrected chi connectivity index (χ4v) is 3.67. The summed E-state index contributed by atoms with van der Waals surface area (Å²) in [6, 6.07) is 10.1. The summed E-state index contributed by atoms with van der Waals surface area (Å²) >= 11 is 5.86. The summed E-state index contributed by atoms with van der Waals surface area (Å²) in [5, 5.41) is 4.69. The molecule has 0 spiro atoms. The lowest BCUT2D eigenvalue weighted by Crippen LogP contribution is -2.31. The van der Waals surface area contributed by atoms with Gasteiger partial charge in [0, 0.05) is 5.02 Å². The summed E-state index contributed by atoms with van der Waals surface area (Å²) < 4.78 is 41.7. The molecule has 27 heavy (non-hydrogen) atoms. The molecular weight excluding hydrogens is 393 g/mol. The second kappa shape index (κ2) is 7.13. The number of nitrogens with one attached hydrogen (secondary N) is 1. The van der Waals surface area contributed by atoms with E-state index in [0.717, 1.165) is 18.2 Å². The van der Waals surface area contributed by atoms with Crippen LogP contribution in [-0.4, -0.2) is 24.1 Å². The topological polar surface area (TPSA) is 81.1 Å². The normalized spacial score (nSPS) is 11.4. The van der Waals surface area contributed by atoms with E-state index in [0.29, 0.717) is 16.4 Å². The van der Waals surface area contributed by atoms with E-state index in [1.165, 1.54) is 17.8 Å². The minimum absolute atomic E-state index is 0.104. The number of carbonyl (C=O) groups excluding carboxylic acids is 1. The molecule has 0 aliphatic rings. The maximum Gasteiger partial charge on any atom is 0.268 e. The largest absolute Gasteiger partial charge is 0.268 e. The number of hydrogen-bond acceptors (Lipinski definition) is 4. The summed E-state index contributed by atoms with van der Waals surface area (Å²) in [5.41, 5.74) is 1.40. The van der Waals surface area contributed by atoms with E-state index in [9.17, 15) is 17.6 Å². The van der Waals surface area contributed by atoms with Gasteiger partial charge in [0.05, 0.1) is 28.0 Å². The molecular formula is C18H15ClFN3O3S. The van der Waals surface area contributed by atoms with Crippen LogP contribution in [0.4, 0.5) is 4.39 Å². The number of rotatable bonds is 4. The smallest absolute Gasteiger partial charge is 0.268 e. The molecule has 0 saturated heterocycles. The van der Waals surface area contributed by atoms with Gasteiger partial charge in [-0.15, -0.1) is 0 Å². The van der Waals surface area contributed by atoms with Crippen LogP contribution in [0.3, 0.4) is 0 Å². The van der Waals surface area contributed by atoms with Gasteiger partial charge in [-0.3, -0.25) is 4.79 Å². The molecule has 1 aromatic heterocycles. The zero-order chi connectivity index (χ0) is 19.8. The first kappa shape index (κ1) is 19.1. The molecule has 140 valence electrons. The maximum atomic E-state index is 13.4. The third-order valence-corrected chi connectivity index (χ3v) is 5.57. The average Bonchev–Trinajstić information content (AvgIpc) is 2.99. The number of carbonyl (C=O) groups is 1. The van der Waals surface area contributed by atoms with Crippen LogP contribution in [0.2, 0.25) is 5.02 Å². The molecule has 0 fully saturated rings. The number of aromatic nitrogens is 2. The van der Waals surface area contributed by atoms with Crippen molar-refractivity contribution in [2.45, 2.75) is 18.7 Å². The van der Waals surface area contributed by atoms with Crippen molar-refractivity contribution >= 4 is 27.5 Å². The van der Waals surface area contributed by atoms with Crippen molar-refractivity contribution in [1.29, 1.82) is 0 Å². The second-order valence-electron chi connectivity index (χ2n) is 5.88. The molecule has 6 nitrogen and oxygen atoms in total. The van der Waals surface area contributed by atoms with Crippen molar-refractivity contribution in [3.63, 3.8) is 0 Å². The van der Waals surface area contributed by atoms with Gasteiger partial charge in [0.2, 0.25) is 0 Å². The van der Waals surface area contributed by atoms with Crippen molar-refractivity contribution in [2.75, 3.05) is 0 Å². The zero-order valence-corrected chi connectivity index (χ0v) is 16.0. The summed E-state index contributed by atoms with van der Waals surface area (Å²) in [7, 11) is -4.15. The van der Waals surface area contributed by atoms with E-state index in [1.54, 1.807) is 31.2 Å². The van der Waals surface area contributed by atoms with E-state index in [2.05, 4.69) is 5.10 Å². The van der Waals surface area contributed by atoms with Gasteiger partial charge >= 0.3 is 0 Å². The summed E-state index contributed by atoms with van der Waals surface area (Å²) in [6.07, 6.45) is 1.28. The highest BCUT2D eigenvalue weighted by atomic mass is 35.5. The fourth-order valence-electron chi connectivity index (χ4n) is 2.50. The van der Waals surface area contributed by atoms with Crippen LogP contribution < -0.4 is 4.72 Å². The van der Waals surface area contributed by atoms with Gasteiger partial charge in [-0.1, -0.05) is 11.6 Å². The minimum Gasteiger partial charge on any atom is -0.268 e. The number of hydrogen-bond donors (Lipinski definition) is 1. The fraction of sp³-hybridized carbons (Fsp3) is 0.111. The van der Waals surface area contributed by atoms with Gasteiger partial charge in [0.1, 0.15) is 5.82 Å². The van der Waals surface area contributed by atoms with E-state index in [1.807, 2.05) is 4.72 Å². The van der Waals surface area contributed by atoms with E-state index in [-0.39, 0.29) is 16.0 Å². The number of benzene rings is 2. The number of nitrogens with zero attached hydrogens (tertiary/aromatic N) is 2. The molecule has 3 rings (SSSR count). The van der Waals surface area contributed by atoms with E-state index >= 15 is 0 Å². The van der Waals surface area contributed by atoms with Crippen molar-refractivity contribution in [2.24, 2.45) is 0 Å². The van der Waals surface area contributed by atoms with Gasteiger partial charge in [-0.25, -0.2) is 22.2 Å². The molecule has 1 amide bonds. The summed E-state index contributed by atoms with van der Waals surface area (Å²) in [4.78, 5) is 12.3. The molecule has 2 aromatic carbocycles. The molecule has 0 aliphatic carbocycles. The predicted molar refractivity (Wildman–Crippen MR) is 99.1 cm³/mol. The predicted octanol–water partition coefficient (Wildman–Crippen LogP) is 3.40. The first-order valence-electron chi connectivity index (χ1n) is 7.83. The molecule has 0 atom stereocenters. The molecule has 0 aliphatic heterocycles. The number of halogens is 2. The van der Waals surface area contributed by atoms with Crippen molar-refractivity contribution in [3.8, 4) is 5.69 Å². The van der Waals surface area contributed by atoms with Crippen LogP contribution in [0.25, 0.3) is 5.69 Å².